The first-order chi connectivity index (χ1) is 15.0. The van der Waals surface area contributed by atoms with Gasteiger partial charge in [0.15, 0.2) is 6.61 Å². The van der Waals surface area contributed by atoms with Crippen LogP contribution in [0.25, 0.3) is 15.9 Å². The second kappa shape index (κ2) is 8.99. The summed E-state index contributed by atoms with van der Waals surface area (Å²) in [6.45, 7) is 4.43. The summed E-state index contributed by atoms with van der Waals surface area (Å²) in [6.07, 6.45) is -4.51. The summed E-state index contributed by atoms with van der Waals surface area (Å²) in [5, 5.41) is 9.33. The average molecular weight is 468 g/mol. The summed E-state index contributed by atoms with van der Waals surface area (Å²) >= 11 is 0.969. The molecular weight excluding hydrogens is 449 g/mol. The third kappa shape index (κ3) is 5.25. The fourth-order valence-corrected chi connectivity index (χ4v) is 3.88. The number of imide groups is 1. The summed E-state index contributed by atoms with van der Waals surface area (Å²) in [7, 11) is 0. The highest BCUT2D eigenvalue weighted by molar-refractivity contribution is 7.20. The van der Waals surface area contributed by atoms with Crippen molar-refractivity contribution in [3.63, 3.8) is 0 Å². The Morgan fingerprint density at radius 2 is 1.94 bits per heavy atom. The maximum atomic E-state index is 13.1. The van der Waals surface area contributed by atoms with E-state index in [1.54, 1.807) is 20.8 Å². The van der Waals surface area contributed by atoms with Crippen LogP contribution in [0.3, 0.4) is 0 Å². The lowest BCUT2D eigenvalue weighted by atomic mass is 10.2. The largest absolute Gasteiger partial charge is 0.451 e. The molecule has 0 saturated carbocycles. The highest BCUT2D eigenvalue weighted by atomic mass is 32.1. The molecule has 0 bridgehead atoms. The zero-order valence-corrected chi connectivity index (χ0v) is 18.1. The number of aryl methyl sites for hydroxylation is 1. The number of esters is 1. The molecular formula is C20H19F3N4O4S. The van der Waals surface area contributed by atoms with Crippen LogP contribution in [-0.2, 0) is 15.7 Å². The molecule has 3 rings (SSSR count). The van der Waals surface area contributed by atoms with Crippen molar-refractivity contribution < 1.29 is 32.3 Å². The van der Waals surface area contributed by atoms with Gasteiger partial charge >= 0.3 is 18.2 Å². The number of nitrogens with one attached hydrogen (secondary N) is 2. The molecule has 8 nitrogen and oxygen atoms in total. The van der Waals surface area contributed by atoms with E-state index < -0.39 is 36.3 Å². The Morgan fingerprint density at radius 1 is 1.22 bits per heavy atom. The van der Waals surface area contributed by atoms with E-state index >= 15 is 0 Å². The molecule has 170 valence electrons. The van der Waals surface area contributed by atoms with Gasteiger partial charge in [0.2, 0.25) is 0 Å². The van der Waals surface area contributed by atoms with Crippen LogP contribution in [0.2, 0.25) is 0 Å². The van der Waals surface area contributed by atoms with Crippen LogP contribution in [0.5, 0.6) is 0 Å². The molecule has 2 heterocycles. The molecule has 0 fully saturated rings. The van der Waals surface area contributed by atoms with Crippen molar-refractivity contribution in [1.82, 2.24) is 20.4 Å². The third-order valence-electron chi connectivity index (χ3n) is 4.17. The molecule has 2 aromatic heterocycles. The van der Waals surface area contributed by atoms with Crippen LogP contribution in [0.4, 0.5) is 18.0 Å². The van der Waals surface area contributed by atoms with Gasteiger partial charge in [0.05, 0.1) is 16.9 Å². The number of aromatic nitrogens is 2. The van der Waals surface area contributed by atoms with Gasteiger partial charge in [-0.3, -0.25) is 10.1 Å². The summed E-state index contributed by atoms with van der Waals surface area (Å²) in [5.74, 6) is -1.61. The molecule has 3 amide bonds. The van der Waals surface area contributed by atoms with Crippen LogP contribution < -0.4 is 10.6 Å². The van der Waals surface area contributed by atoms with E-state index in [2.05, 4.69) is 10.4 Å². The number of alkyl halides is 3. The van der Waals surface area contributed by atoms with Gasteiger partial charge in [-0.05, 0) is 45.0 Å². The summed E-state index contributed by atoms with van der Waals surface area (Å²) in [5.41, 5.74) is -0.119. The standard InChI is InChI=1S/C20H19F3N4O4S/c1-10(2)24-19(30)25-16(28)9-31-18(29)15-8-14-11(3)26-27(17(14)32-15)13-6-4-5-12(7-13)20(21,22)23/h4-8,10H,9H2,1-3H3,(H2,24,25,28,30). The molecule has 0 aliphatic heterocycles. The Labute approximate surface area is 184 Å². The van der Waals surface area contributed by atoms with E-state index in [0.29, 0.717) is 15.9 Å². The Bertz CT molecular complexity index is 1180. The van der Waals surface area contributed by atoms with E-state index in [-0.39, 0.29) is 16.6 Å². The molecule has 0 unspecified atom stereocenters. The molecule has 3 aromatic rings. The van der Waals surface area contributed by atoms with E-state index in [1.807, 2.05) is 5.32 Å². The summed E-state index contributed by atoms with van der Waals surface area (Å²) < 4.78 is 45.4. The number of fused-ring (bicyclic) bond motifs is 1. The number of nitrogens with zero attached hydrogens (tertiary/aromatic N) is 2. The number of carbonyl (C=O) groups is 3. The fourth-order valence-electron chi connectivity index (χ4n) is 2.80. The molecule has 1 aromatic carbocycles. The van der Waals surface area contributed by atoms with Crippen LogP contribution >= 0.6 is 11.3 Å². The third-order valence-corrected chi connectivity index (χ3v) is 5.26. The average Bonchev–Trinajstić information content (AvgIpc) is 3.25. The molecule has 2 N–H and O–H groups in total. The number of hydrogen-bond acceptors (Lipinski definition) is 6. The number of rotatable bonds is 5. The smallest absolute Gasteiger partial charge is 0.416 e. The Kier molecular flexibility index (Phi) is 6.53. The van der Waals surface area contributed by atoms with Gasteiger partial charge in [-0.1, -0.05) is 6.07 Å². The van der Waals surface area contributed by atoms with Gasteiger partial charge in [0, 0.05) is 11.4 Å². The van der Waals surface area contributed by atoms with E-state index in [1.165, 1.54) is 22.9 Å². The van der Waals surface area contributed by atoms with Gasteiger partial charge in [0.1, 0.15) is 9.71 Å². The number of hydrogen-bond donors (Lipinski definition) is 2. The minimum absolute atomic E-state index is 0.139. The van der Waals surface area contributed by atoms with E-state index in [0.717, 1.165) is 23.5 Å². The number of urea groups is 1. The second-order valence-corrected chi connectivity index (χ2v) is 8.16. The highest BCUT2D eigenvalue weighted by Gasteiger charge is 2.31. The molecule has 32 heavy (non-hydrogen) atoms. The van der Waals surface area contributed by atoms with E-state index in [4.69, 9.17) is 4.74 Å². The quantitative estimate of drug-likeness (QED) is 0.555. The first-order valence-corrected chi connectivity index (χ1v) is 10.2. The number of thiophene rings is 1. The van der Waals surface area contributed by atoms with Crippen molar-refractivity contribution >= 4 is 39.5 Å². The fraction of sp³-hybridized carbons (Fsp3) is 0.300. The number of ether oxygens (including phenoxy) is 1. The molecule has 0 atom stereocenters. The molecule has 0 saturated heterocycles. The zero-order chi connectivity index (χ0) is 23.6. The number of halogens is 3. The molecule has 0 spiro atoms. The lowest BCUT2D eigenvalue weighted by Gasteiger charge is -2.09. The predicted octanol–water partition coefficient (Wildman–Crippen LogP) is 3.81. The number of amides is 3. The lowest BCUT2D eigenvalue weighted by molar-refractivity contribution is -0.137. The highest BCUT2D eigenvalue weighted by Crippen LogP contribution is 2.33. The maximum absolute atomic E-state index is 13.1. The van der Waals surface area contributed by atoms with Gasteiger partial charge in [-0.15, -0.1) is 11.3 Å². The SMILES string of the molecule is Cc1nn(-c2cccc(C(F)(F)F)c2)c2sc(C(=O)OCC(=O)NC(=O)NC(C)C)cc12. The van der Waals surface area contributed by atoms with Gasteiger partial charge in [-0.2, -0.15) is 18.3 Å². The first-order valence-electron chi connectivity index (χ1n) is 9.40. The predicted molar refractivity (Wildman–Crippen MR) is 111 cm³/mol. The van der Waals surface area contributed by atoms with Crippen LogP contribution in [0.1, 0.15) is 34.8 Å². The van der Waals surface area contributed by atoms with Crippen molar-refractivity contribution in [1.29, 1.82) is 0 Å². The van der Waals surface area contributed by atoms with Crippen LogP contribution in [0, 0.1) is 6.92 Å². The van der Waals surface area contributed by atoms with Crippen LogP contribution in [0.15, 0.2) is 30.3 Å². The monoisotopic (exact) mass is 468 g/mol. The molecule has 12 heteroatoms. The first kappa shape index (κ1) is 23.3. The number of carbonyl (C=O) groups excluding carboxylic acids is 3. The van der Waals surface area contributed by atoms with Gasteiger partial charge < -0.3 is 10.1 Å². The normalized spacial score (nSPS) is 11.6. The minimum Gasteiger partial charge on any atom is -0.451 e. The summed E-state index contributed by atoms with van der Waals surface area (Å²) in [4.78, 5) is 36.2. The summed E-state index contributed by atoms with van der Waals surface area (Å²) in [6, 6.07) is 5.29. The zero-order valence-electron chi connectivity index (χ0n) is 17.2. The van der Waals surface area contributed by atoms with E-state index in [9.17, 15) is 27.6 Å². The second-order valence-electron chi connectivity index (χ2n) is 7.13. The Morgan fingerprint density at radius 3 is 2.59 bits per heavy atom. The van der Waals surface area contributed by atoms with Crippen molar-refractivity contribution in [2.75, 3.05) is 6.61 Å². The lowest BCUT2D eigenvalue weighted by Crippen LogP contribution is -2.44. The van der Waals surface area contributed by atoms with Crippen LogP contribution in [-0.4, -0.2) is 40.3 Å². The minimum atomic E-state index is -4.51. The maximum Gasteiger partial charge on any atom is 0.416 e. The number of benzene rings is 1. The van der Waals surface area contributed by atoms with Gasteiger partial charge in [0.25, 0.3) is 5.91 Å². The topological polar surface area (TPSA) is 102 Å². The molecule has 0 aliphatic rings. The van der Waals surface area contributed by atoms with Crippen molar-refractivity contribution in [3.8, 4) is 5.69 Å². The Hall–Kier alpha value is -3.41. The van der Waals surface area contributed by atoms with Crippen molar-refractivity contribution in [2.45, 2.75) is 33.0 Å². The molecule has 0 aliphatic carbocycles. The Balaban J connectivity index is 1.77. The van der Waals surface area contributed by atoms with Gasteiger partial charge in [-0.25, -0.2) is 14.3 Å². The van der Waals surface area contributed by atoms with Crippen molar-refractivity contribution in [2.24, 2.45) is 0 Å². The van der Waals surface area contributed by atoms with Crippen molar-refractivity contribution in [3.05, 3.63) is 46.5 Å². The molecule has 0 radical (unpaired) electrons.